The summed E-state index contributed by atoms with van der Waals surface area (Å²) in [6.45, 7) is 0.935. The summed E-state index contributed by atoms with van der Waals surface area (Å²) in [5, 5.41) is 3.64. The molecule has 3 atom stereocenters. The van der Waals surface area contributed by atoms with Crippen LogP contribution in [-0.4, -0.2) is 28.7 Å². The van der Waals surface area contributed by atoms with Crippen LogP contribution in [0.25, 0.3) is 0 Å². The second-order valence-electron chi connectivity index (χ2n) is 6.12. The summed E-state index contributed by atoms with van der Waals surface area (Å²) in [5.41, 5.74) is 0. The highest BCUT2D eigenvalue weighted by molar-refractivity contribution is 5.36. The monoisotopic (exact) mass is 259 g/mol. The van der Waals surface area contributed by atoms with E-state index in [2.05, 4.69) is 15.3 Å². The van der Waals surface area contributed by atoms with Gasteiger partial charge in [-0.2, -0.15) is 0 Å². The van der Waals surface area contributed by atoms with Gasteiger partial charge in [-0.05, 0) is 44.6 Å². The van der Waals surface area contributed by atoms with Crippen LogP contribution < -0.4 is 5.32 Å². The second kappa shape index (κ2) is 4.75. The molecule has 1 N–H and O–H groups in total. The van der Waals surface area contributed by atoms with E-state index >= 15 is 0 Å². The smallest absolute Gasteiger partial charge is 0.133 e. The Morgan fingerprint density at radius 3 is 3.00 bits per heavy atom. The SMILES string of the molecule is c1cc(NC2CCCC3OCCC23)nc(C2CC2)n1. The van der Waals surface area contributed by atoms with Crippen LogP contribution in [0.5, 0.6) is 0 Å². The number of aromatic nitrogens is 2. The molecule has 1 aromatic heterocycles. The van der Waals surface area contributed by atoms with Crippen LogP contribution in [-0.2, 0) is 4.74 Å². The van der Waals surface area contributed by atoms with Crippen LogP contribution in [0.3, 0.4) is 0 Å². The summed E-state index contributed by atoms with van der Waals surface area (Å²) in [6.07, 6.45) is 9.83. The van der Waals surface area contributed by atoms with Crippen molar-refractivity contribution in [2.45, 2.75) is 56.6 Å². The molecule has 0 bridgehead atoms. The van der Waals surface area contributed by atoms with Crippen molar-refractivity contribution in [3.63, 3.8) is 0 Å². The fourth-order valence-corrected chi connectivity index (χ4v) is 3.54. The maximum absolute atomic E-state index is 5.82. The summed E-state index contributed by atoms with van der Waals surface area (Å²) in [5.74, 6) is 3.33. The lowest BCUT2D eigenvalue weighted by atomic mass is 9.82. The average molecular weight is 259 g/mol. The summed E-state index contributed by atoms with van der Waals surface area (Å²) in [4.78, 5) is 9.07. The Kier molecular flexibility index (Phi) is 2.91. The Bertz CT molecular complexity index is 460. The van der Waals surface area contributed by atoms with Gasteiger partial charge >= 0.3 is 0 Å². The van der Waals surface area contributed by atoms with Crippen LogP contribution >= 0.6 is 0 Å². The van der Waals surface area contributed by atoms with Crippen LogP contribution in [0.15, 0.2) is 12.3 Å². The van der Waals surface area contributed by atoms with Crippen molar-refractivity contribution in [2.24, 2.45) is 5.92 Å². The van der Waals surface area contributed by atoms with E-state index in [-0.39, 0.29) is 0 Å². The number of fused-ring (bicyclic) bond motifs is 1. The van der Waals surface area contributed by atoms with Crippen molar-refractivity contribution in [2.75, 3.05) is 11.9 Å². The quantitative estimate of drug-likeness (QED) is 0.906. The van der Waals surface area contributed by atoms with Gasteiger partial charge in [0, 0.05) is 30.7 Å². The summed E-state index contributed by atoms with van der Waals surface area (Å²) in [7, 11) is 0. The molecule has 4 rings (SSSR count). The molecule has 3 fully saturated rings. The van der Waals surface area contributed by atoms with Gasteiger partial charge in [-0.1, -0.05) is 0 Å². The highest BCUT2D eigenvalue weighted by Crippen LogP contribution is 2.39. The van der Waals surface area contributed by atoms with E-state index in [1.165, 1.54) is 38.5 Å². The van der Waals surface area contributed by atoms with E-state index in [0.717, 1.165) is 18.2 Å². The topological polar surface area (TPSA) is 47.0 Å². The Morgan fingerprint density at radius 1 is 1.16 bits per heavy atom. The molecular formula is C15H21N3O. The van der Waals surface area contributed by atoms with Crippen LogP contribution in [0, 0.1) is 5.92 Å². The lowest BCUT2D eigenvalue weighted by Crippen LogP contribution is -2.38. The number of nitrogens with zero attached hydrogens (tertiary/aromatic N) is 2. The highest BCUT2D eigenvalue weighted by Gasteiger charge is 2.37. The zero-order valence-corrected chi connectivity index (χ0v) is 11.2. The molecule has 0 spiro atoms. The average Bonchev–Trinajstić information content (AvgIpc) is 3.17. The van der Waals surface area contributed by atoms with Gasteiger partial charge < -0.3 is 10.1 Å². The molecule has 1 aliphatic heterocycles. The summed E-state index contributed by atoms with van der Waals surface area (Å²) in [6, 6.07) is 2.54. The van der Waals surface area contributed by atoms with E-state index in [1.54, 1.807) is 0 Å². The third-order valence-electron chi connectivity index (χ3n) is 4.73. The molecule has 2 heterocycles. The first kappa shape index (κ1) is 11.6. The first-order valence-corrected chi connectivity index (χ1v) is 7.61. The molecule has 0 radical (unpaired) electrons. The molecule has 4 nitrogen and oxygen atoms in total. The third kappa shape index (κ3) is 2.34. The van der Waals surface area contributed by atoms with Crippen LogP contribution in [0.4, 0.5) is 5.82 Å². The van der Waals surface area contributed by atoms with E-state index in [9.17, 15) is 0 Å². The minimum Gasteiger partial charge on any atom is -0.378 e. The zero-order chi connectivity index (χ0) is 12.7. The molecular weight excluding hydrogens is 238 g/mol. The van der Waals surface area contributed by atoms with Crippen molar-refractivity contribution in [1.82, 2.24) is 9.97 Å². The van der Waals surface area contributed by atoms with Gasteiger partial charge in [-0.3, -0.25) is 0 Å². The third-order valence-corrected chi connectivity index (χ3v) is 4.73. The normalized spacial score (nSPS) is 34.0. The van der Waals surface area contributed by atoms with Gasteiger partial charge in [0.1, 0.15) is 11.6 Å². The Labute approximate surface area is 114 Å². The Balaban J connectivity index is 1.49. The fraction of sp³-hybridized carbons (Fsp3) is 0.733. The maximum atomic E-state index is 5.82. The van der Waals surface area contributed by atoms with Gasteiger partial charge in [0.25, 0.3) is 0 Å². The van der Waals surface area contributed by atoms with Gasteiger partial charge in [-0.15, -0.1) is 0 Å². The molecule has 0 amide bonds. The van der Waals surface area contributed by atoms with Crippen molar-refractivity contribution < 1.29 is 4.74 Å². The fourth-order valence-electron chi connectivity index (χ4n) is 3.54. The molecule has 3 unspecified atom stereocenters. The lowest BCUT2D eigenvalue weighted by molar-refractivity contribution is 0.0619. The van der Waals surface area contributed by atoms with Crippen molar-refractivity contribution in [1.29, 1.82) is 0 Å². The second-order valence-corrected chi connectivity index (χ2v) is 6.12. The van der Waals surface area contributed by atoms with Gasteiger partial charge in [-0.25, -0.2) is 9.97 Å². The van der Waals surface area contributed by atoms with Gasteiger partial charge in [0.15, 0.2) is 0 Å². The molecule has 1 saturated heterocycles. The van der Waals surface area contributed by atoms with Crippen LogP contribution in [0.2, 0.25) is 0 Å². The highest BCUT2D eigenvalue weighted by atomic mass is 16.5. The molecule has 0 aromatic carbocycles. The van der Waals surface area contributed by atoms with E-state index in [1.807, 2.05) is 12.3 Å². The number of rotatable bonds is 3. The van der Waals surface area contributed by atoms with Crippen molar-refractivity contribution in [3.05, 3.63) is 18.1 Å². The predicted octanol–water partition coefficient (Wildman–Crippen LogP) is 2.72. The van der Waals surface area contributed by atoms with Gasteiger partial charge in [0.2, 0.25) is 0 Å². The molecule has 1 aromatic rings. The molecule has 102 valence electrons. The minimum atomic E-state index is 0.482. The lowest BCUT2D eigenvalue weighted by Gasteiger charge is -2.33. The number of hydrogen-bond acceptors (Lipinski definition) is 4. The number of anilines is 1. The maximum Gasteiger partial charge on any atom is 0.133 e. The largest absolute Gasteiger partial charge is 0.378 e. The Hall–Kier alpha value is -1.16. The summed E-state index contributed by atoms with van der Waals surface area (Å²) < 4.78 is 5.82. The van der Waals surface area contributed by atoms with E-state index in [4.69, 9.17) is 4.74 Å². The molecule has 19 heavy (non-hydrogen) atoms. The first-order chi connectivity index (χ1) is 9.40. The van der Waals surface area contributed by atoms with E-state index in [0.29, 0.717) is 24.0 Å². The predicted molar refractivity (Wildman–Crippen MR) is 73.1 cm³/mol. The number of ether oxygens (including phenoxy) is 1. The number of hydrogen-bond donors (Lipinski definition) is 1. The molecule has 3 aliphatic rings. The molecule has 2 aliphatic carbocycles. The minimum absolute atomic E-state index is 0.482. The molecule has 4 heteroatoms. The van der Waals surface area contributed by atoms with Gasteiger partial charge in [0.05, 0.1) is 6.10 Å². The van der Waals surface area contributed by atoms with Crippen LogP contribution in [0.1, 0.15) is 50.3 Å². The van der Waals surface area contributed by atoms with Crippen molar-refractivity contribution >= 4 is 5.82 Å². The first-order valence-electron chi connectivity index (χ1n) is 7.61. The number of nitrogens with one attached hydrogen (secondary N) is 1. The Morgan fingerprint density at radius 2 is 2.11 bits per heavy atom. The standard InChI is InChI=1S/C15H21N3O/c1-2-12(11-7-9-19-13(11)3-1)17-14-6-8-16-15(18-14)10-4-5-10/h6,8,10-13H,1-5,7,9H2,(H,16,17,18). The molecule has 2 saturated carbocycles. The zero-order valence-electron chi connectivity index (χ0n) is 11.2. The van der Waals surface area contributed by atoms with E-state index < -0.39 is 0 Å². The summed E-state index contributed by atoms with van der Waals surface area (Å²) >= 11 is 0. The van der Waals surface area contributed by atoms with Crippen molar-refractivity contribution in [3.8, 4) is 0 Å².